The number of hydrogen-bond donors (Lipinski definition) is 1. The number of para-hydroxylation sites is 1. The molecule has 0 bridgehead atoms. The number of nitrogens with one attached hydrogen (secondary N) is 1. The Morgan fingerprint density at radius 1 is 1.32 bits per heavy atom. The minimum Gasteiger partial charge on any atom is -0.320 e. The van der Waals surface area contributed by atoms with Gasteiger partial charge in [-0.05, 0) is 12.1 Å². The van der Waals surface area contributed by atoms with Crippen molar-refractivity contribution in [3.63, 3.8) is 0 Å². The molecule has 0 radical (unpaired) electrons. The highest BCUT2D eigenvalue weighted by atomic mass is 19.4. The van der Waals surface area contributed by atoms with E-state index in [1.807, 2.05) is 0 Å². The fourth-order valence-electron chi connectivity index (χ4n) is 1.48. The molecule has 0 spiro atoms. The molecule has 8 heteroatoms. The predicted octanol–water partition coefficient (Wildman–Crippen LogP) is 2.09. The molecular weight excluding hydrogens is 261 g/mol. The Hall–Kier alpha value is -2.38. The quantitative estimate of drug-likeness (QED) is 0.909. The molecule has 0 atom stereocenters. The Bertz CT molecular complexity index is 606. The molecule has 1 heterocycles. The fraction of sp³-hybridized carbons (Fsp3) is 0.182. The van der Waals surface area contributed by atoms with E-state index in [1.165, 1.54) is 31.4 Å². The number of amides is 1. The number of hydrogen-bond acceptors (Lipinski definition) is 3. The number of aryl methyl sites for hydroxylation is 1. The molecular formula is C11H9F3N4O. The number of rotatable bonds is 2. The maximum absolute atomic E-state index is 12.7. The molecule has 1 amide bonds. The molecule has 2 aromatic rings. The fourth-order valence-corrected chi connectivity index (χ4v) is 1.48. The monoisotopic (exact) mass is 270 g/mol. The van der Waals surface area contributed by atoms with Gasteiger partial charge in [0.2, 0.25) is 0 Å². The zero-order chi connectivity index (χ0) is 14.0. The Labute approximate surface area is 106 Å². The van der Waals surface area contributed by atoms with Gasteiger partial charge >= 0.3 is 6.18 Å². The summed E-state index contributed by atoms with van der Waals surface area (Å²) in [6, 6.07) is 4.73. The first kappa shape index (κ1) is 13.1. The van der Waals surface area contributed by atoms with Crippen LogP contribution in [0.15, 0.2) is 30.5 Å². The van der Waals surface area contributed by atoms with Crippen LogP contribution in [0.25, 0.3) is 0 Å². The first-order valence-corrected chi connectivity index (χ1v) is 5.22. The van der Waals surface area contributed by atoms with Gasteiger partial charge in [-0.25, -0.2) is 0 Å². The lowest BCUT2D eigenvalue weighted by Crippen LogP contribution is -2.17. The second kappa shape index (κ2) is 4.71. The normalized spacial score (nSPS) is 11.4. The Morgan fingerprint density at radius 2 is 2.00 bits per heavy atom. The zero-order valence-electron chi connectivity index (χ0n) is 9.77. The number of alkyl halides is 3. The van der Waals surface area contributed by atoms with Crippen LogP contribution in [0.3, 0.4) is 0 Å². The van der Waals surface area contributed by atoms with Gasteiger partial charge in [-0.3, -0.25) is 4.79 Å². The van der Waals surface area contributed by atoms with Crippen molar-refractivity contribution in [2.75, 3.05) is 5.32 Å². The lowest BCUT2D eigenvalue weighted by atomic mass is 10.1. The lowest BCUT2D eigenvalue weighted by molar-refractivity contribution is -0.136. The molecule has 0 aliphatic rings. The summed E-state index contributed by atoms with van der Waals surface area (Å²) in [7, 11) is 1.50. The van der Waals surface area contributed by atoms with Crippen LogP contribution in [0.5, 0.6) is 0 Å². The van der Waals surface area contributed by atoms with Crippen LogP contribution < -0.4 is 5.32 Å². The van der Waals surface area contributed by atoms with Gasteiger partial charge in [-0.15, -0.1) is 5.10 Å². The largest absolute Gasteiger partial charge is 0.418 e. The molecule has 100 valence electrons. The third-order valence-corrected chi connectivity index (χ3v) is 2.31. The third-order valence-electron chi connectivity index (χ3n) is 2.31. The molecule has 0 saturated carbocycles. The van der Waals surface area contributed by atoms with Crippen LogP contribution >= 0.6 is 0 Å². The molecule has 1 aromatic carbocycles. The van der Waals surface area contributed by atoms with Crippen molar-refractivity contribution in [1.82, 2.24) is 15.0 Å². The second-order valence-electron chi connectivity index (χ2n) is 3.72. The van der Waals surface area contributed by atoms with Gasteiger partial charge in [-0.2, -0.15) is 23.1 Å². The highest BCUT2D eigenvalue weighted by molar-refractivity contribution is 6.03. The van der Waals surface area contributed by atoms with E-state index in [0.717, 1.165) is 10.9 Å². The molecule has 19 heavy (non-hydrogen) atoms. The van der Waals surface area contributed by atoms with Gasteiger partial charge in [0.15, 0.2) is 5.69 Å². The molecule has 0 aliphatic carbocycles. The van der Waals surface area contributed by atoms with Crippen molar-refractivity contribution in [2.24, 2.45) is 7.05 Å². The second-order valence-corrected chi connectivity index (χ2v) is 3.72. The number of aromatic nitrogens is 3. The maximum atomic E-state index is 12.7. The van der Waals surface area contributed by atoms with E-state index in [4.69, 9.17) is 0 Å². The van der Waals surface area contributed by atoms with Crippen molar-refractivity contribution in [3.05, 3.63) is 41.7 Å². The number of anilines is 1. The van der Waals surface area contributed by atoms with Crippen LogP contribution in [0.4, 0.5) is 18.9 Å². The molecule has 5 nitrogen and oxygen atoms in total. The number of halogens is 3. The van der Waals surface area contributed by atoms with E-state index < -0.39 is 17.6 Å². The van der Waals surface area contributed by atoms with Gasteiger partial charge in [0.1, 0.15) is 0 Å². The Morgan fingerprint density at radius 3 is 2.58 bits per heavy atom. The third kappa shape index (κ3) is 2.90. The van der Waals surface area contributed by atoms with Crippen LogP contribution in [-0.4, -0.2) is 20.9 Å². The number of carbonyl (C=O) groups is 1. The van der Waals surface area contributed by atoms with Crippen molar-refractivity contribution in [1.29, 1.82) is 0 Å². The molecule has 0 fully saturated rings. The van der Waals surface area contributed by atoms with E-state index in [0.29, 0.717) is 0 Å². The summed E-state index contributed by atoms with van der Waals surface area (Å²) in [5.41, 5.74) is -1.28. The predicted molar refractivity (Wildman–Crippen MR) is 60.4 cm³/mol. The highest BCUT2D eigenvalue weighted by Crippen LogP contribution is 2.34. The SMILES string of the molecule is Cn1ncc(C(=O)Nc2ccccc2C(F)(F)F)n1. The summed E-state index contributed by atoms with van der Waals surface area (Å²) < 4.78 is 38.2. The summed E-state index contributed by atoms with van der Waals surface area (Å²) in [4.78, 5) is 12.9. The molecule has 0 aliphatic heterocycles. The van der Waals surface area contributed by atoms with Crippen molar-refractivity contribution in [3.8, 4) is 0 Å². The average molecular weight is 270 g/mol. The number of benzene rings is 1. The summed E-state index contributed by atoms with van der Waals surface area (Å²) in [5.74, 6) is -0.746. The topological polar surface area (TPSA) is 59.8 Å². The zero-order valence-corrected chi connectivity index (χ0v) is 9.77. The van der Waals surface area contributed by atoms with E-state index in [2.05, 4.69) is 15.5 Å². The molecule has 2 rings (SSSR count). The van der Waals surface area contributed by atoms with Crippen LogP contribution in [0, 0.1) is 0 Å². The van der Waals surface area contributed by atoms with E-state index in [-0.39, 0.29) is 11.4 Å². The van der Waals surface area contributed by atoms with Gasteiger partial charge in [0.05, 0.1) is 17.4 Å². The number of carbonyl (C=O) groups excluding carboxylic acids is 1. The van der Waals surface area contributed by atoms with Crippen molar-refractivity contribution < 1.29 is 18.0 Å². The molecule has 1 N–H and O–H groups in total. The van der Waals surface area contributed by atoms with Gasteiger partial charge < -0.3 is 5.32 Å². The first-order chi connectivity index (χ1) is 8.88. The maximum Gasteiger partial charge on any atom is 0.418 e. The van der Waals surface area contributed by atoms with Gasteiger partial charge in [0, 0.05) is 7.05 Å². The summed E-state index contributed by atoms with van der Waals surface area (Å²) in [6.45, 7) is 0. The minimum absolute atomic E-state index is 0.0560. The highest BCUT2D eigenvalue weighted by Gasteiger charge is 2.33. The molecule has 0 saturated heterocycles. The van der Waals surface area contributed by atoms with Crippen LogP contribution in [-0.2, 0) is 13.2 Å². The van der Waals surface area contributed by atoms with Crippen LogP contribution in [0.2, 0.25) is 0 Å². The van der Waals surface area contributed by atoms with E-state index in [9.17, 15) is 18.0 Å². The minimum atomic E-state index is -4.54. The Balaban J connectivity index is 2.27. The van der Waals surface area contributed by atoms with Crippen molar-refractivity contribution >= 4 is 11.6 Å². The summed E-state index contributed by atoms with van der Waals surface area (Å²) >= 11 is 0. The number of nitrogens with zero attached hydrogens (tertiary/aromatic N) is 3. The molecule has 0 unspecified atom stereocenters. The Kier molecular flexibility index (Phi) is 3.24. The van der Waals surface area contributed by atoms with E-state index in [1.54, 1.807) is 0 Å². The summed E-state index contributed by atoms with van der Waals surface area (Å²) in [5, 5.41) is 9.56. The average Bonchev–Trinajstić information content (AvgIpc) is 2.75. The van der Waals surface area contributed by atoms with Crippen molar-refractivity contribution in [2.45, 2.75) is 6.18 Å². The first-order valence-electron chi connectivity index (χ1n) is 5.22. The van der Waals surface area contributed by atoms with Gasteiger partial charge in [0.25, 0.3) is 5.91 Å². The lowest BCUT2D eigenvalue weighted by Gasteiger charge is -2.12. The summed E-state index contributed by atoms with van der Waals surface area (Å²) in [6.07, 6.45) is -3.36. The van der Waals surface area contributed by atoms with Gasteiger partial charge in [-0.1, -0.05) is 12.1 Å². The smallest absolute Gasteiger partial charge is 0.320 e. The van der Waals surface area contributed by atoms with E-state index >= 15 is 0 Å². The van der Waals surface area contributed by atoms with Crippen LogP contribution in [0.1, 0.15) is 16.1 Å². The standard InChI is InChI=1S/C11H9F3N4O/c1-18-15-6-9(17-18)10(19)16-8-5-3-2-4-7(8)11(12,13)14/h2-6H,1H3,(H,16,19). The molecule has 1 aromatic heterocycles.